The van der Waals surface area contributed by atoms with Gasteiger partial charge in [-0.2, -0.15) is 4.37 Å². The van der Waals surface area contributed by atoms with Crippen LogP contribution in [-0.2, 0) is 6.54 Å². The van der Waals surface area contributed by atoms with Crippen LogP contribution in [0.5, 0.6) is 0 Å². The number of nitrogens with two attached hydrogens (primary N) is 1. The number of hydrogen-bond donors (Lipinski definition) is 1. The number of aromatic nitrogens is 2. The molecular formula is C11H14N4S2. The lowest BCUT2D eigenvalue weighted by molar-refractivity contribution is 0.895. The summed E-state index contributed by atoms with van der Waals surface area (Å²) < 4.78 is 4.29. The molecule has 0 aromatic carbocycles. The van der Waals surface area contributed by atoms with Gasteiger partial charge in [0, 0.05) is 18.0 Å². The molecule has 2 aromatic rings. The summed E-state index contributed by atoms with van der Waals surface area (Å²) in [6, 6.07) is 0. The summed E-state index contributed by atoms with van der Waals surface area (Å²) in [5.74, 6) is 1.36. The van der Waals surface area contributed by atoms with E-state index in [1.807, 2.05) is 5.51 Å². The molecule has 3 rings (SSSR count). The van der Waals surface area contributed by atoms with Gasteiger partial charge in [0.05, 0.1) is 17.7 Å². The lowest BCUT2D eigenvalue weighted by Crippen LogP contribution is -2.16. The lowest BCUT2D eigenvalue weighted by atomic mass is 10.2. The molecule has 1 aliphatic rings. The molecule has 0 unspecified atom stereocenters. The average Bonchev–Trinajstić information content (AvgIpc) is 2.86. The zero-order valence-corrected chi connectivity index (χ0v) is 11.2. The van der Waals surface area contributed by atoms with Crippen molar-refractivity contribution in [2.75, 3.05) is 17.7 Å². The van der Waals surface area contributed by atoms with Crippen molar-refractivity contribution in [1.82, 2.24) is 9.36 Å². The molecule has 1 fully saturated rings. The third-order valence-electron chi connectivity index (χ3n) is 2.95. The molecule has 1 saturated carbocycles. The van der Waals surface area contributed by atoms with Gasteiger partial charge in [0.1, 0.15) is 10.8 Å². The Kier molecular flexibility index (Phi) is 2.76. The maximum atomic E-state index is 5.95. The van der Waals surface area contributed by atoms with Gasteiger partial charge in [0.25, 0.3) is 0 Å². The smallest absolute Gasteiger partial charge is 0.142 e. The Morgan fingerprint density at radius 1 is 1.53 bits per heavy atom. The summed E-state index contributed by atoms with van der Waals surface area (Å²) in [5, 5.41) is 3.29. The highest BCUT2D eigenvalue weighted by Gasteiger charge is 2.31. The summed E-state index contributed by atoms with van der Waals surface area (Å²) in [6.07, 6.45) is 2.50. The molecule has 0 atom stereocenters. The van der Waals surface area contributed by atoms with Gasteiger partial charge in [-0.1, -0.05) is 0 Å². The predicted octanol–water partition coefficient (Wildman–Crippen LogP) is 2.70. The average molecular weight is 266 g/mol. The van der Waals surface area contributed by atoms with E-state index in [0.717, 1.165) is 18.1 Å². The van der Waals surface area contributed by atoms with Crippen LogP contribution in [0.2, 0.25) is 0 Å². The number of nitrogen functional groups attached to an aromatic ring is 1. The molecule has 0 aliphatic heterocycles. The van der Waals surface area contributed by atoms with Gasteiger partial charge >= 0.3 is 0 Å². The maximum absolute atomic E-state index is 5.95. The third kappa shape index (κ3) is 2.14. The second-order valence-electron chi connectivity index (χ2n) is 4.40. The van der Waals surface area contributed by atoms with Crippen LogP contribution in [0, 0.1) is 0 Å². The summed E-state index contributed by atoms with van der Waals surface area (Å²) >= 11 is 3.13. The van der Waals surface area contributed by atoms with E-state index in [4.69, 9.17) is 5.73 Å². The first-order valence-corrected chi connectivity index (χ1v) is 7.30. The number of rotatable bonds is 4. The quantitative estimate of drug-likeness (QED) is 0.924. The number of hydrogen-bond acceptors (Lipinski definition) is 6. The van der Waals surface area contributed by atoms with Crippen molar-refractivity contribution < 1.29 is 0 Å². The number of thiazole rings is 1. The molecule has 0 radical (unpaired) electrons. The minimum atomic E-state index is 0.640. The van der Waals surface area contributed by atoms with Crippen LogP contribution in [0.3, 0.4) is 0 Å². The van der Waals surface area contributed by atoms with E-state index < -0.39 is 0 Å². The molecule has 4 nitrogen and oxygen atoms in total. The van der Waals surface area contributed by atoms with Crippen LogP contribution in [-0.4, -0.2) is 16.4 Å². The fourth-order valence-corrected chi connectivity index (χ4v) is 3.37. The van der Waals surface area contributed by atoms with Crippen molar-refractivity contribution >= 4 is 33.7 Å². The highest BCUT2D eigenvalue weighted by Crippen LogP contribution is 2.48. The van der Waals surface area contributed by atoms with Gasteiger partial charge in [-0.15, -0.1) is 11.3 Å². The Labute approximate surface area is 108 Å². The molecule has 90 valence electrons. The monoisotopic (exact) mass is 266 g/mol. The van der Waals surface area contributed by atoms with Crippen molar-refractivity contribution in [2.45, 2.75) is 25.3 Å². The molecule has 2 heterocycles. The summed E-state index contributed by atoms with van der Waals surface area (Å²) in [5.41, 5.74) is 10.2. The van der Waals surface area contributed by atoms with E-state index in [1.54, 1.807) is 11.3 Å². The van der Waals surface area contributed by atoms with Crippen LogP contribution in [0.4, 0.5) is 10.8 Å². The van der Waals surface area contributed by atoms with Gasteiger partial charge in [0.15, 0.2) is 0 Å². The normalized spacial score (nSPS) is 15.1. The molecular weight excluding hydrogens is 252 g/mol. The zero-order chi connectivity index (χ0) is 11.8. The lowest BCUT2D eigenvalue weighted by Gasteiger charge is -2.17. The fraction of sp³-hybridized carbons (Fsp3) is 0.455. The topological polar surface area (TPSA) is 55.0 Å². The number of anilines is 2. The standard InChI is InChI=1S/C11H14N4S2/c1-15(4-8-5-16-6-13-8)11-9(7-2-3-7)10(12)14-17-11/h5-7H,2-4H2,1H3,(H2,12,14). The Morgan fingerprint density at radius 3 is 3.00 bits per heavy atom. The molecule has 0 bridgehead atoms. The Morgan fingerprint density at radius 2 is 2.35 bits per heavy atom. The number of nitrogens with zero attached hydrogens (tertiary/aromatic N) is 3. The molecule has 0 saturated heterocycles. The van der Waals surface area contributed by atoms with Gasteiger partial charge in [-0.25, -0.2) is 4.98 Å². The van der Waals surface area contributed by atoms with Gasteiger partial charge < -0.3 is 10.6 Å². The molecule has 2 aromatic heterocycles. The van der Waals surface area contributed by atoms with Gasteiger partial charge in [-0.3, -0.25) is 0 Å². The second kappa shape index (κ2) is 4.27. The van der Waals surface area contributed by atoms with E-state index in [0.29, 0.717) is 5.92 Å². The van der Waals surface area contributed by atoms with E-state index in [-0.39, 0.29) is 0 Å². The first-order valence-electron chi connectivity index (χ1n) is 5.59. The summed E-state index contributed by atoms with van der Waals surface area (Å²) in [7, 11) is 2.08. The third-order valence-corrected chi connectivity index (χ3v) is 4.58. The minimum absolute atomic E-state index is 0.640. The Bertz CT molecular complexity index is 502. The minimum Gasteiger partial charge on any atom is -0.383 e. The molecule has 1 aliphatic carbocycles. The van der Waals surface area contributed by atoms with Crippen LogP contribution < -0.4 is 10.6 Å². The Hall–Kier alpha value is -1.14. The van der Waals surface area contributed by atoms with Crippen LogP contribution in [0.1, 0.15) is 30.0 Å². The summed E-state index contributed by atoms with van der Waals surface area (Å²) in [4.78, 5) is 6.51. The van der Waals surface area contributed by atoms with Gasteiger partial charge in [0.2, 0.25) is 0 Å². The SMILES string of the molecule is CN(Cc1cscn1)c1snc(N)c1C1CC1. The van der Waals surface area contributed by atoms with Crippen LogP contribution in [0.25, 0.3) is 0 Å². The molecule has 6 heteroatoms. The molecule has 17 heavy (non-hydrogen) atoms. The van der Waals surface area contributed by atoms with Gasteiger partial charge in [-0.05, 0) is 30.3 Å². The van der Waals surface area contributed by atoms with Crippen LogP contribution in [0.15, 0.2) is 10.9 Å². The van der Waals surface area contributed by atoms with Crippen molar-refractivity contribution in [2.24, 2.45) is 0 Å². The first-order chi connectivity index (χ1) is 8.25. The van der Waals surface area contributed by atoms with E-state index in [2.05, 4.69) is 26.7 Å². The van der Waals surface area contributed by atoms with Crippen molar-refractivity contribution in [1.29, 1.82) is 0 Å². The highest BCUT2D eigenvalue weighted by molar-refractivity contribution is 7.10. The molecule has 0 amide bonds. The second-order valence-corrected chi connectivity index (χ2v) is 5.87. The van der Waals surface area contributed by atoms with Crippen molar-refractivity contribution in [3.8, 4) is 0 Å². The first kappa shape index (κ1) is 11.0. The van der Waals surface area contributed by atoms with Crippen molar-refractivity contribution in [3.63, 3.8) is 0 Å². The molecule has 2 N–H and O–H groups in total. The van der Waals surface area contributed by atoms with E-state index >= 15 is 0 Å². The van der Waals surface area contributed by atoms with Crippen LogP contribution >= 0.6 is 22.9 Å². The maximum Gasteiger partial charge on any atom is 0.142 e. The molecule has 0 spiro atoms. The van der Waals surface area contributed by atoms with E-state index in [1.165, 1.54) is 34.9 Å². The largest absolute Gasteiger partial charge is 0.383 e. The highest BCUT2D eigenvalue weighted by atomic mass is 32.1. The van der Waals surface area contributed by atoms with Crippen molar-refractivity contribution in [3.05, 3.63) is 22.1 Å². The fourth-order valence-electron chi connectivity index (χ4n) is 1.96. The summed E-state index contributed by atoms with van der Waals surface area (Å²) in [6.45, 7) is 0.824. The zero-order valence-electron chi connectivity index (χ0n) is 9.59. The Balaban J connectivity index is 1.83. The predicted molar refractivity (Wildman–Crippen MR) is 72.7 cm³/mol. The van der Waals surface area contributed by atoms with E-state index in [9.17, 15) is 0 Å².